The van der Waals surface area contributed by atoms with Crippen LogP contribution in [0.5, 0.6) is 0 Å². The Balaban J connectivity index is 1.49. The second kappa shape index (κ2) is 7.34. The van der Waals surface area contributed by atoms with Gasteiger partial charge in [-0.05, 0) is 115 Å². The third-order valence-corrected chi connectivity index (χ3v) is 7.57. The highest BCUT2D eigenvalue weighted by Crippen LogP contribution is 2.41. The number of aryl methyl sites for hydroxylation is 4. The topological polar surface area (TPSA) is 6.48 Å². The number of rotatable bonds is 3. The molecule has 0 saturated heterocycles. The van der Waals surface area contributed by atoms with Crippen molar-refractivity contribution >= 4 is 16.9 Å². The minimum atomic E-state index is 1.22. The van der Waals surface area contributed by atoms with Crippen LogP contribution in [0.3, 0.4) is 0 Å². The Morgan fingerprint density at radius 1 is 0.633 bits per heavy atom. The molecule has 4 aliphatic rings. The summed E-state index contributed by atoms with van der Waals surface area (Å²) < 4.78 is 0. The highest BCUT2D eigenvalue weighted by Gasteiger charge is 2.27. The van der Waals surface area contributed by atoms with Crippen LogP contribution in [-0.2, 0) is 25.7 Å². The molecule has 2 aromatic rings. The molecule has 0 aromatic heterocycles. The molecule has 0 atom stereocenters. The van der Waals surface area contributed by atoms with E-state index in [9.17, 15) is 0 Å². The fourth-order valence-electron chi connectivity index (χ4n) is 6.39. The smallest absolute Gasteiger partial charge is 0.0431 e. The molecule has 0 radical (unpaired) electrons. The second-order valence-electron chi connectivity index (χ2n) is 9.49. The molecule has 0 unspecified atom stereocenters. The highest BCUT2D eigenvalue weighted by atomic mass is 15.1. The minimum absolute atomic E-state index is 1.22. The van der Waals surface area contributed by atoms with Crippen LogP contribution in [0.25, 0.3) is 5.57 Å². The first kappa shape index (κ1) is 18.3. The summed E-state index contributed by atoms with van der Waals surface area (Å²) in [6.45, 7) is 9.01. The average molecular weight is 397 g/mol. The van der Waals surface area contributed by atoms with E-state index in [1.807, 2.05) is 6.08 Å². The van der Waals surface area contributed by atoms with E-state index in [0.29, 0.717) is 0 Å². The lowest BCUT2D eigenvalue weighted by Crippen LogP contribution is -2.34. The van der Waals surface area contributed by atoms with Crippen LogP contribution < -0.4 is 9.80 Å². The van der Waals surface area contributed by atoms with E-state index < -0.39 is 0 Å². The van der Waals surface area contributed by atoms with Crippen molar-refractivity contribution in [1.82, 2.24) is 0 Å². The SMILES string of the molecule is C=CC=C(c1cc2c3c(c1)CCCN3CCC2)c1cc2c3c(c1)CCCN3CCC2. The zero-order valence-corrected chi connectivity index (χ0v) is 18.1. The second-order valence-corrected chi connectivity index (χ2v) is 9.49. The zero-order valence-electron chi connectivity index (χ0n) is 18.1. The van der Waals surface area contributed by atoms with Crippen molar-refractivity contribution in [3.8, 4) is 0 Å². The minimum Gasteiger partial charge on any atom is -0.371 e. The molecule has 6 rings (SSSR count). The van der Waals surface area contributed by atoms with Gasteiger partial charge in [0.15, 0.2) is 0 Å². The van der Waals surface area contributed by atoms with E-state index in [1.54, 1.807) is 33.6 Å². The quantitative estimate of drug-likeness (QED) is 0.614. The molecule has 0 spiro atoms. The van der Waals surface area contributed by atoms with Gasteiger partial charge in [-0.2, -0.15) is 0 Å². The highest BCUT2D eigenvalue weighted by molar-refractivity contribution is 5.85. The van der Waals surface area contributed by atoms with Gasteiger partial charge in [0.25, 0.3) is 0 Å². The summed E-state index contributed by atoms with van der Waals surface area (Å²) in [5.74, 6) is 0. The monoisotopic (exact) mass is 396 g/mol. The van der Waals surface area contributed by atoms with Gasteiger partial charge in [0, 0.05) is 37.6 Å². The van der Waals surface area contributed by atoms with Gasteiger partial charge in [0.1, 0.15) is 0 Å². The Morgan fingerprint density at radius 2 is 1.00 bits per heavy atom. The van der Waals surface area contributed by atoms with E-state index in [4.69, 9.17) is 0 Å². The van der Waals surface area contributed by atoms with Gasteiger partial charge in [-0.1, -0.05) is 18.7 Å². The molecule has 0 fully saturated rings. The maximum Gasteiger partial charge on any atom is 0.0431 e. The average Bonchev–Trinajstić information content (AvgIpc) is 2.78. The molecule has 30 heavy (non-hydrogen) atoms. The number of benzene rings is 2. The van der Waals surface area contributed by atoms with Crippen molar-refractivity contribution in [2.45, 2.75) is 51.4 Å². The Bertz CT molecular complexity index is 905. The van der Waals surface area contributed by atoms with Crippen LogP contribution in [0.2, 0.25) is 0 Å². The molecule has 2 heteroatoms. The zero-order chi connectivity index (χ0) is 20.1. The normalized spacial score (nSPS) is 19.1. The van der Waals surface area contributed by atoms with Crippen molar-refractivity contribution in [1.29, 1.82) is 0 Å². The molecule has 2 nitrogen and oxygen atoms in total. The first-order valence-electron chi connectivity index (χ1n) is 12.0. The van der Waals surface area contributed by atoms with Gasteiger partial charge < -0.3 is 9.80 Å². The van der Waals surface area contributed by atoms with Crippen molar-refractivity contribution < 1.29 is 0 Å². The largest absolute Gasteiger partial charge is 0.371 e. The molecule has 0 amide bonds. The van der Waals surface area contributed by atoms with E-state index >= 15 is 0 Å². The number of hydrogen-bond acceptors (Lipinski definition) is 2. The molecule has 0 N–H and O–H groups in total. The standard InChI is InChI=1S/C28H32N2/c1-2-7-26(24-16-20-8-3-12-29-13-4-9-21(17-24)27(20)29)25-18-22-10-5-14-30-15-6-11-23(19-25)28(22)30/h2,7,16-19H,1,3-6,8-15H2. The summed E-state index contributed by atoms with van der Waals surface area (Å²) in [6, 6.07) is 9.96. The molecule has 0 aliphatic carbocycles. The Kier molecular flexibility index (Phi) is 4.48. The van der Waals surface area contributed by atoms with Crippen LogP contribution in [0.4, 0.5) is 11.4 Å². The number of nitrogens with zero attached hydrogens (tertiary/aromatic N) is 2. The van der Waals surface area contributed by atoms with Gasteiger partial charge in [-0.25, -0.2) is 0 Å². The summed E-state index contributed by atoms with van der Waals surface area (Å²) in [4.78, 5) is 5.27. The Labute approximate surface area is 180 Å². The lowest BCUT2D eigenvalue weighted by atomic mass is 9.84. The molecule has 4 aliphatic heterocycles. The van der Waals surface area contributed by atoms with Gasteiger partial charge in [-0.15, -0.1) is 0 Å². The van der Waals surface area contributed by atoms with E-state index in [1.165, 1.54) is 94.2 Å². The molecule has 0 saturated carbocycles. The van der Waals surface area contributed by atoms with Gasteiger partial charge >= 0.3 is 0 Å². The third-order valence-electron chi connectivity index (χ3n) is 7.57. The number of anilines is 2. The van der Waals surface area contributed by atoms with Gasteiger partial charge in [0.05, 0.1) is 0 Å². The van der Waals surface area contributed by atoms with Crippen molar-refractivity contribution in [3.05, 3.63) is 76.4 Å². The van der Waals surface area contributed by atoms with Crippen LogP contribution >= 0.6 is 0 Å². The van der Waals surface area contributed by atoms with Gasteiger partial charge in [0.2, 0.25) is 0 Å². The van der Waals surface area contributed by atoms with E-state index in [-0.39, 0.29) is 0 Å². The molecular formula is C28H32N2. The molecular weight excluding hydrogens is 364 g/mol. The Morgan fingerprint density at radius 3 is 1.33 bits per heavy atom. The number of allylic oxidation sites excluding steroid dienone is 2. The molecule has 4 heterocycles. The first-order valence-corrected chi connectivity index (χ1v) is 12.0. The lowest BCUT2D eigenvalue weighted by Gasteiger charge is -2.38. The fraction of sp³-hybridized carbons (Fsp3) is 0.429. The summed E-state index contributed by atoms with van der Waals surface area (Å²) in [6.07, 6.45) is 14.3. The van der Waals surface area contributed by atoms with Crippen LogP contribution in [0, 0.1) is 0 Å². The summed E-state index contributed by atoms with van der Waals surface area (Å²) in [7, 11) is 0. The van der Waals surface area contributed by atoms with E-state index in [0.717, 1.165) is 0 Å². The third kappa shape index (κ3) is 2.92. The maximum absolute atomic E-state index is 4.07. The van der Waals surface area contributed by atoms with Crippen molar-refractivity contribution in [2.75, 3.05) is 36.0 Å². The van der Waals surface area contributed by atoms with Crippen LogP contribution in [-0.4, -0.2) is 26.2 Å². The van der Waals surface area contributed by atoms with Crippen LogP contribution in [0.15, 0.2) is 43.0 Å². The Hall–Kier alpha value is -2.48. The molecule has 0 bridgehead atoms. The maximum atomic E-state index is 4.07. The predicted octanol–water partition coefficient (Wildman–Crippen LogP) is 5.70. The van der Waals surface area contributed by atoms with Crippen LogP contribution in [0.1, 0.15) is 59.1 Å². The van der Waals surface area contributed by atoms with Crippen molar-refractivity contribution in [2.24, 2.45) is 0 Å². The van der Waals surface area contributed by atoms with Crippen molar-refractivity contribution in [3.63, 3.8) is 0 Å². The van der Waals surface area contributed by atoms with Gasteiger partial charge in [-0.3, -0.25) is 0 Å². The number of hydrogen-bond donors (Lipinski definition) is 0. The van der Waals surface area contributed by atoms with E-state index in [2.05, 4.69) is 46.7 Å². The molecule has 2 aromatic carbocycles. The first-order chi connectivity index (χ1) is 14.8. The summed E-state index contributed by atoms with van der Waals surface area (Å²) >= 11 is 0. The fourth-order valence-corrected chi connectivity index (χ4v) is 6.39. The predicted molar refractivity (Wildman–Crippen MR) is 128 cm³/mol. The lowest BCUT2D eigenvalue weighted by molar-refractivity contribution is 0.633. The summed E-state index contributed by atoms with van der Waals surface area (Å²) in [5.41, 5.74) is 13.5. The summed E-state index contributed by atoms with van der Waals surface area (Å²) in [5, 5.41) is 0. The molecule has 154 valence electrons.